The van der Waals surface area contributed by atoms with Gasteiger partial charge in [-0.05, 0) is 92.9 Å². The van der Waals surface area contributed by atoms with E-state index in [4.69, 9.17) is 16.3 Å². The Hall–Kier alpha value is -2.64. The van der Waals surface area contributed by atoms with Crippen molar-refractivity contribution in [3.63, 3.8) is 0 Å². The molecule has 2 fully saturated rings. The second-order valence-corrected chi connectivity index (χ2v) is 9.50. The Morgan fingerprint density at radius 1 is 1.03 bits per heavy atom. The number of hydrogen-bond acceptors (Lipinski definition) is 5. The van der Waals surface area contributed by atoms with Crippen molar-refractivity contribution < 1.29 is 14.5 Å². The number of carbonyl (C=O) groups is 1. The first-order valence-electron chi connectivity index (χ1n) is 11.6. The normalized spacial score (nSPS) is 21.6. The van der Waals surface area contributed by atoms with Crippen LogP contribution >= 0.6 is 11.6 Å². The fourth-order valence-electron chi connectivity index (χ4n) is 5.04. The second-order valence-electron chi connectivity index (χ2n) is 9.06. The van der Waals surface area contributed by atoms with Gasteiger partial charge in [-0.1, -0.05) is 23.7 Å². The number of nitrogens with zero attached hydrogens (tertiary/aromatic N) is 2. The Balaban J connectivity index is 1.22. The molecule has 8 heteroatoms. The van der Waals surface area contributed by atoms with Gasteiger partial charge in [-0.3, -0.25) is 15.0 Å². The minimum atomic E-state index is -0.446. The van der Waals surface area contributed by atoms with Crippen molar-refractivity contribution in [3.8, 4) is 0 Å². The molecule has 0 radical (unpaired) electrons. The van der Waals surface area contributed by atoms with Crippen molar-refractivity contribution in [3.05, 3.63) is 74.8 Å². The minimum absolute atomic E-state index is 0.0222. The third-order valence-corrected chi connectivity index (χ3v) is 7.11. The van der Waals surface area contributed by atoms with Crippen molar-refractivity contribution in [2.75, 3.05) is 13.1 Å². The second kappa shape index (κ2) is 11.0. The predicted molar refractivity (Wildman–Crippen MR) is 127 cm³/mol. The first-order valence-corrected chi connectivity index (χ1v) is 12.0. The molecule has 1 amide bonds. The summed E-state index contributed by atoms with van der Waals surface area (Å²) in [5.41, 5.74) is 2.09. The lowest BCUT2D eigenvalue weighted by molar-refractivity contribution is -0.384. The first kappa shape index (κ1) is 23.5. The van der Waals surface area contributed by atoms with Gasteiger partial charge in [0.05, 0.1) is 4.92 Å². The summed E-state index contributed by atoms with van der Waals surface area (Å²) in [6.07, 6.45) is 6.14. The van der Waals surface area contributed by atoms with E-state index in [-0.39, 0.29) is 18.3 Å². The van der Waals surface area contributed by atoms with Crippen LogP contribution in [0.4, 0.5) is 10.5 Å². The molecule has 1 N–H and O–H groups in total. The van der Waals surface area contributed by atoms with E-state index in [9.17, 15) is 14.9 Å². The van der Waals surface area contributed by atoms with E-state index >= 15 is 0 Å². The van der Waals surface area contributed by atoms with Crippen molar-refractivity contribution in [1.82, 2.24) is 10.2 Å². The summed E-state index contributed by atoms with van der Waals surface area (Å²) < 4.78 is 5.37. The average Bonchev–Trinajstić information content (AvgIpc) is 3.28. The van der Waals surface area contributed by atoms with Gasteiger partial charge < -0.3 is 10.1 Å². The zero-order chi connectivity index (χ0) is 23.2. The molecule has 2 atom stereocenters. The maximum Gasteiger partial charge on any atom is 0.407 e. The number of rotatable bonds is 7. The van der Waals surface area contributed by atoms with E-state index in [0.717, 1.165) is 62.2 Å². The molecule has 176 valence electrons. The van der Waals surface area contributed by atoms with Crippen LogP contribution in [0.2, 0.25) is 5.02 Å². The van der Waals surface area contributed by atoms with Crippen LogP contribution in [0.25, 0.3) is 0 Å². The molecule has 7 nitrogen and oxygen atoms in total. The number of carbonyl (C=O) groups excluding carboxylic acids is 1. The van der Waals surface area contributed by atoms with Gasteiger partial charge in [0.2, 0.25) is 0 Å². The number of hydrogen-bond donors (Lipinski definition) is 1. The van der Waals surface area contributed by atoms with E-state index in [1.54, 1.807) is 12.1 Å². The van der Waals surface area contributed by atoms with E-state index < -0.39 is 11.0 Å². The highest BCUT2D eigenvalue weighted by Gasteiger charge is 2.35. The van der Waals surface area contributed by atoms with Gasteiger partial charge in [-0.25, -0.2) is 4.79 Å². The van der Waals surface area contributed by atoms with Crippen molar-refractivity contribution in [2.24, 2.45) is 5.92 Å². The number of nitrogens with one attached hydrogen (secondary N) is 1. The Labute approximate surface area is 199 Å². The number of nitro benzene ring substituents is 1. The Kier molecular flexibility index (Phi) is 7.83. The molecule has 0 aromatic heterocycles. The molecule has 0 bridgehead atoms. The van der Waals surface area contributed by atoms with Crippen LogP contribution in [0.1, 0.15) is 43.2 Å². The summed E-state index contributed by atoms with van der Waals surface area (Å²) in [6.45, 7) is 2.20. The Bertz CT molecular complexity index is 943. The van der Waals surface area contributed by atoms with Crippen LogP contribution in [0.3, 0.4) is 0 Å². The van der Waals surface area contributed by atoms with Gasteiger partial charge in [-0.2, -0.15) is 0 Å². The molecule has 4 rings (SSSR count). The minimum Gasteiger partial charge on any atom is -0.445 e. The summed E-state index contributed by atoms with van der Waals surface area (Å²) >= 11 is 5.99. The van der Waals surface area contributed by atoms with E-state index in [0.29, 0.717) is 12.0 Å². The number of benzene rings is 2. The monoisotopic (exact) mass is 471 g/mol. The molecule has 0 spiro atoms. The highest BCUT2D eigenvalue weighted by Crippen LogP contribution is 2.30. The number of piperidine rings is 1. The summed E-state index contributed by atoms with van der Waals surface area (Å²) in [5, 5.41) is 14.6. The summed E-state index contributed by atoms with van der Waals surface area (Å²) in [6, 6.07) is 14.7. The smallest absolute Gasteiger partial charge is 0.407 e. The van der Waals surface area contributed by atoms with Gasteiger partial charge in [0.1, 0.15) is 6.61 Å². The van der Waals surface area contributed by atoms with Crippen LogP contribution in [0.5, 0.6) is 0 Å². The maximum atomic E-state index is 12.4. The highest BCUT2D eigenvalue weighted by molar-refractivity contribution is 6.30. The van der Waals surface area contributed by atoms with Gasteiger partial charge in [0.25, 0.3) is 5.69 Å². The SMILES string of the molecule is O=C(NC1CCCC1N1CCC(Cc2ccc(Cl)cc2)CC1)OCc1ccc([N+](=O)[O-])cc1. The first-order chi connectivity index (χ1) is 16.0. The summed E-state index contributed by atoms with van der Waals surface area (Å²) in [5.74, 6) is 0.682. The zero-order valence-corrected chi connectivity index (χ0v) is 19.4. The molecule has 1 aliphatic carbocycles. The van der Waals surface area contributed by atoms with E-state index in [1.165, 1.54) is 17.7 Å². The topological polar surface area (TPSA) is 84.7 Å². The number of non-ortho nitro benzene ring substituents is 1. The van der Waals surface area contributed by atoms with Gasteiger partial charge in [-0.15, -0.1) is 0 Å². The molecule has 1 aliphatic heterocycles. The third kappa shape index (κ3) is 6.45. The molecule has 1 heterocycles. The van der Waals surface area contributed by atoms with Gasteiger partial charge in [0, 0.05) is 29.2 Å². The van der Waals surface area contributed by atoms with Crippen LogP contribution in [0, 0.1) is 16.0 Å². The number of halogens is 1. The molecule has 2 aliphatic rings. The maximum absolute atomic E-state index is 12.4. The van der Waals surface area contributed by atoms with Crippen molar-refractivity contribution in [2.45, 2.75) is 57.2 Å². The van der Waals surface area contributed by atoms with E-state index in [2.05, 4.69) is 22.3 Å². The lowest BCUT2D eigenvalue weighted by Gasteiger charge is -2.38. The quantitative estimate of drug-likeness (QED) is 0.434. The lowest BCUT2D eigenvalue weighted by Crippen LogP contribution is -2.51. The third-order valence-electron chi connectivity index (χ3n) is 6.86. The summed E-state index contributed by atoms with van der Waals surface area (Å²) in [7, 11) is 0. The predicted octanol–water partition coefficient (Wildman–Crippen LogP) is 5.35. The highest BCUT2D eigenvalue weighted by atomic mass is 35.5. The number of ether oxygens (including phenoxy) is 1. The number of amides is 1. The summed E-state index contributed by atoms with van der Waals surface area (Å²) in [4.78, 5) is 25.2. The van der Waals surface area contributed by atoms with Crippen LogP contribution < -0.4 is 5.32 Å². The van der Waals surface area contributed by atoms with Crippen molar-refractivity contribution >= 4 is 23.4 Å². The Morgan fingerprint density at radius 3 is 2.36 bits per heavy atom. The van der Waals surface area contributed by atoms with Gasteiger partial charge >= 0.3 is 6.09 Å². The zero-order valence-electron chi connectivity index (χ0n) is 18.6. The molecule has 33 heavy (non-hydrogen) atoms. The fourth-order valence-corrected chi connectivity index (χ4v) is 5.17. The van der Waals surface area contributed by atoms with Crippen LogP contribution in [-0.2, 0) is 17.8 Å². The molecule has 2 unspecified atom stereocenters. The molecule has 2 aromatic carbocycles. The largest absolute Gasteiger partial charge is 0.445 e. The fraction of sp³-hybridized carbons (Fsp3) is 0.480. The molecular formula is C25H30ClN3O4. The van der Waals surface area contributed by atoms with E-state index in [1.807, 2.05) is 12.1 Å². The Morgan fingerprint density at radius 2 is 1.70 bits per heavy atom. The molecule has 2 aromatic rings. The van der Waals surface area contributed by atoms with Crippen LogP contribution in [0.15, 0.2) is 48.5 Å². The van der Waals surface area contributed by atoms with Gasteiger partial charge in [0.15, 0.2) is 0 Å². The molecule has 1 saturated heterocycles. The molecular weight excluding hydrogens is 442 g/mol. The van der Waals surface area contributed by atoms with Crippen molar-refractivity contribution in [1.29, 1.82) is 0 Å². The lowest BCUT2D eigenvalue weighted by atomic mass is 9.89. The average molecular weight is 472 g/mol. The molecule has 1 saturated carbocycles. The van der Waals surface area contributed by atoms with Crippen LogP contribution in [-0.4, -0.2) is 41.1 Å². The number of nitro groups is 1. The standard InChI is InChI=1S/C25H30ClN3O4/c26-21-8-4-18(5-9-21)16-19-12-14-28(15-13-19)24-3-1-2-23(24)27-25(30)33-17-20-6-10-22(11-7-20)29(31)32/h4-11,19,23-24H,1-3,12-17H2,(H,27,30). The number of likely N-dealkylation sites (tertiary alicyclic amines) is 1. The number of alkyl carbamates (subject to hydrolysis) is 1.